The Morgan fingerprint density at radius 3 is 2.64 bits per heavy atom. The SMILES string of the molecule is Cc1ccc2nc(-c3ccc4c(c3)OCCO4)c(NCc3ccccc3)n2c1. The normalized spacial score (nSPS) is 12.9. The molecule has 0 spiro atoms. The van der Waals surface area contributed by atoms with Gasteiger partial charge in [0.1, 0.15) is 30.4 Å². The van der Waals surface area contributed by atoms with Gasteiger partial charge >= 0.3 is 0 Å². The molecule has 2 aromatic heterocycles. The molecular weight excluding hydrogens is 350 g/mol. The van der Waals surface area contributed by atoms with E-state index in [4.69, 9.17) is 14.5 Å². The van der Waals surface area contributed by atoms with Crippen molar-refractivity contribution < 1.29 is 9.47 Å². The molecular formula is C23H21N3O2. The standard InChI is InChI=1S/C23H21N3O2/c1-16-7-10-21-25-22(18-8-9-19-20(13-18)28-12-11-27-19)23(26(21)15-16)24-14-17-5-3-2-4-6-17/h2-10,13,15,24H,11-12,14H2,1H3. The molecule has 28 heavy (non-hydrogen) atoms. The van der Waals surface area contributed by atoms with Crippen LogP contribution < -0.4 is 14.8 Å². The van der Waals surface area contributed by atoms with Gasteiger partial charge < -0.3 is 14.8 Å². The van der Waals surface area contributed by atoms with E-state index in [1.807, 2.05) is 30.3 Å². The minimum absolute atomic E-state index is 0.569. The van der Waals surface area contributed by atoms with E-state index in [1.165, 1.54) is 11.1 Å². The number of nitrogens with one attached hydrogen (secondary N) is 1. The Kier molecular flexibility index (Phi) is 4.13. The third-order valence-electron chi connectivity index (χ3n) is 4.88. The predicted octanol–water partition coefficient (Wildman–Crippen LogP) is 4.69. The van der Waals surface area contributed by atoms with Gasteiger partial charge in [-0.05, 0) is 42.3 Å². The third-order valence-corrected chi connectivity index (χ3v) is 4.88. The number of imidazole rings is 1. The molecule has 4 aromatic rings. The fraction of sp³-hybridized carbons (Fsp3) is 0.174. The van der Waals surface area contributed by atoms with Crippen LogP contribution >= 0.6 is 0 Å². The first-order valence-electron chi connectivity index (χ1n) is 9.44. The van der Waals surface area contributed by atoms with Gasteiger partial charge in [-0.2, -0.15) is 0 Å². The van der Waals surface area contributed by atoms with Gasteiger partial charge in [0.05, 0.1) is 0 Å². The number of ether oxygens (including phenoxy) is 2. The molecule has 3 heterocycles. The highest BCUT2D eigenvalue weighted by Gasteiger charge is 2.18. The number of hydrogen-bond donors (Lipinski definition) is 1. The fourth-order valence-electron chi connectivity index (χ4n) is 3.49. The average molecular weight is 371 g/mol. The quantitative estimate of drug-likeness (QED) is 0.565. The lowest BCUT2D eigenvalue weighted by Crippen LogP contribution is -2.15. The van der Waals surface area contributed by atoms with Gasteiger partial charge in [-0.1, -0.05) is 36.4 Å². The second-order valence-corrected chi connectivity index (χ2v) is 6.94. The van der Waals surface area contributed by atoms with Gasteiger partial charge in [-0.3, -0.25) is 4.40 Å². The molecule has 0 radical (unpaired) electrons. The largest absolute Gasteiger partial charge is 0.486 e. The molecule has 2 aromatic carbocycles. The first-order valence-corrected chi connectivity index (χ1v) is 9.44. The summed E-state index contributed by atoms with van der Waals surface area (Å²) in [5.74, 6) is 2.53. The molecule has 140 valence electrons. The highest BCUT2D eigenvalue weighted by molar-refractivity contribution is 5.78. The van der Waals surface area contributed by atoms with Crippen LogP contribution in [0.15, 0.2) is 66.9 Å². The Hall–Kier alpha value is -3.47. The van der Waals surface area contributed by atoms with E-state index in [2.05, 4.69) is 53.2 Å². The van der Waals surface area contributed by atoms with Crippen LogP contribution in [0.5, 0.6) is 11.5 Å². The van der Waals surface area contributed by atoms with Crippen molar-refractivity contribution in [1.29, 1.82) is 0 Å². The smallest absolute Gasteiger partial charge is 0.162 e. The maximum absolute atomic E-state index is 5.77. The summed E-state index contributed by atoms with van der Waals surface area (Å²) in [6.45, 7) is 3.97. The van der Waals surface area contributed by atoms with Crippen molar-refractivity contribution in [1.82, 2.24) is 9.38 Å². The summed E-state index contributed by atoms with van der Waals surface area (Å²) >= 11 is 0. The van der Waals surface area contributed by atoms with E-state index in [-0.39, 0.29) is 0 Å². The van der Waals surface area contributed by atoms with Crippen LogP contribution in [0.1, 0.15) is 11.1 Å². The van der Waals surface area contributed by atoms with Crippen LogP contribution in [-0.4, -0.2) is 22.6 Å². The zero-order valence-electron chi connectivity index (χ0n) is 15.7. The number of rotatable bonds is 4. The number of benzene rings is 2. The minimum Gasteiger partial charge on any atom is -0.486 e. The number of nitrogens with zero attached hydrogens (tertiary/aromatic N) is 2. The van der Waals surface area contributed by atoms with Crippen LogP contribution in [0.4, 0.5) is 5.82 Å². The Morgan fingerprint density at radius 1 is 0.964 bits per heavy atom. The van der Waals surface area contributed by atoms with Gasteiger partial charge in [-0.25, -0.2) is 4.98 Å². The Bertz CT molecular complexity index is 1140. The van der Waals surface area contributed by atoms with Crippen molar-refractivity contribution in [2.24, 2.45) is 0 Å². The molecule has 0 atom stereocenters. The minimum atomic E-state index is 0.569. The van der Waals surface area contributed by atoms with Gasteiger partial charge in [0.2, 0.25) is 0 Å². The lowest BCUT2D eigenvalue weighted by Gasteiger charge is -2.18. The van der Waals surface area contributed by atoms with Crippen LogP contribution in [-0.2, 0) is 6.54 Å². The maximum atomic E-state index is 5.77. The number of hydrogen-bond acceptors (Lipinski definition) is 4. The summed E-state index contributed by atoms with van der Waals surface area (Å²) in [7, 11) is 0. The van der Waals surface area contributed by atoms with E-state index in [1.54, 1.807) is 0 Å². The van der Waals surface area contributed by atoms with E-state index < -0.39 is 0 Å². The summed E-state index contributed by atoms with van der Waals surface area (Å²) in [5, 5.41) is 3.59. The van der Waals surface area contributed by atoms with Crippen molar-refractivity contribution in [2.45, 2.75) is 13.5 Å². The molecule has 0 bridgehead atoms. The Morgan fingerprint density at radius 2 is 1.79 bits per heavy atom. The molecule has 1 aliphatic heterocycles. The van der Waals surface area contributed by atoms with Crippen molar-refractivity contribution in [3.63, 3.8) is 0 Å². The topological polar surface area (TPSA) is 47.8 Å². The number of pyridine rings is 1. The lowest BCUT2D eigenvalue weighted by atomic mass is 10.1. The second-order valence-electron chi connectivity index (χ2n) is 6.94. The predicted molar refractivity (Wildman–Crippen MR) is 110 cm³/mol. The zero-order chi connectivity index (χ0) is 18.9. The zero-order valence-corrected chi connectivity index (χ0v) is 15.7. The molecule has 5 nitrogen and oxygen atoms in total. The average Bonchev–Trinajstić information content (AvgIpc) is 3.10. The molecule has 0 amide bonds. The molecule has 0 unspecified atom stereocenters. The van der Waals surface area contributed by atoms with Crippen LogP contribution in [0.25, 0.3) is 16.9 Å². The highest BCUT2D eigenvalue weighted by Crippen LogP contribution is 2.37. The Balaban J connectivity index is 1.59. The number of aryl methyl sites for hydroxylation is 1. The molecule has 0 saturated heterocycles. The number of aromatic nitrogens is 2. The molecule has 1 N–H and O–H groups in total. The fourth-order valence-corrected chi connectivity index (χ4v) is 3.49. The molecule has 0 aliphatic carbocycles. The summed E-state index contributed by atoms with van der Waals surface area (Å²) < 4.78 is 13.5. The van der Waals surface area contributed by atoms with Crippen molar-refractivity contribution in [3.8, 4) is 22.8 Å². The highest BCUT2D eigenvalue weighted by atomic mass is 16.6. The lowest BCUT2D eigenvalue weighted by molar-refractivity contribution is 0.171. The van der Waals surface area contributed by atoms with Crippen molar-refractivity contribution in [2.75, 3.05) is 18.5 Å². The second kappa shape index (κ2) is 6.93. The summed E-state index contributed by atoms with van der Waals surface area (Å²) in [5.41, 5.74) is 5.21. The third kappa shape index (κ3) is 3.05. The Labute approximate surface area is 163 Å². The molecule has 0 saturated carbocycles. The first kappa shape index (κ1) is 16.7. The van der Waals surface area contributed by atoms with Gasteiger partial charge in [-0.15, -0.1) is 0 Å². The summed E-state index contributed by atoms with van der Waals surface area (Å²) in [6, 6.07) is 20.5. The molecule has 0 fully saturated rings. The summed E-state index contributed by atoms with van der Waals surface area (Å²) in [6.07, 6.45) is 2.11. The van der Waals surface area contributed by atoms with Gasteiger partial charge in [0, 0.05) is 18.3 Å². The molecule has 5 heteroatoms. The van der Waals surface area contributed by atoms with Crippen molar-refractivity contribution in [3.05, 3.63) is 78.0 Å². The van der Waals surface area contributed by atoms with E-state index in [9.17, 15) is 0 Å². The van der Waals surface area contributed by atoms with Crippen molar-refractivity contribution >= 4 is 11.5 Å². The van der Waals surface area contributed by atoms with E-state index >= 15 is 0 Å². The molecule has 1 aliphatic rings. The van der Waals surface area contributed by atoms with Gasteiger partial charge in [0.15, 0.2) is 11.5 Å². The molecule has 5 rings (SSSR count). The van der Waals surface area contributed by atoms with E-state index in [0.717, 1.165) is 40.8 Å². The van der Waals surface area contributed by atoms with Crippen LogP contribution in [0, 0.1) is 6.92 Å². The monoisotopic (exact) mass is 371 g/mol. The van der Waals surface area contributed by atoms with Gasteiger partial charge in [0.25, 0.3) is 0 Å². The van der Waals surface area contributed by atoms with E-state index in [0.29, 0.717) is 13.2 Å². The van der Waals surface area contributed by atoms with Crippen LogP contribution in [0.2, 0.25) is 0 Å². The number of fused-ring (bicyclic) bond motifs is 2. The maximum Gasteiger partial charge on any atom is 0.162 e. The summed E-state index contributed by atoms with van der Waals surface area (Å²) in [4.78, 5) is 4.89. The first-order chi connectivity index (χ1) is 13.8. The number of anilines is 1. The van der Waals surface area contributed by atoms with Crippen LogP contribution in [0.3, 0.4) is 0 Å².